The number of carbonyl (C=O) groups is 2. The summed E-state index contributed by atoms with van der Waals surface area (Å²) in [4.78, 5) is 26.8. The van der Waals surface area contributed by atoms with Crippen molar-refractivity contribution in [2.75, 3.05) is 12.4 Å². The lowest BCUT2D eigenvalue weighted by molar-refractivity contribution is -0.127. The highest BCUT2D eigenvalue weighted by Gasteiger charge is 2.42. The van der Waals surface area contributed by atoms with Crippen LogP contribution < -0.4 is 5.32 Å². The molecule has 0 spiro atoms. The molecule has 2 aromatic rings. The Morgan fingerprint density at radius 2 is 1.92 bits per heavy atom. The number of hydrogen-bond acceptors (Lipinski definition) is 5. The topological polar surface area (TPSA) is 75.2 Å². The predicted octanol–water partition coefficient (Wildman–Crippen LogP) is 3.35. The Morgan fingerprint density at radius 3 is 2.65 bits per heavy atom. The molecule has 7 heteroatoms. The molecule has 1 saturated heterocycles. The molecule has 1 saturated carbocycles. The van der Waals surface area contributed by atoms with Crippen molar-refractivity contribution in [3.8, 4) is 0 Å². The van der Waals surface area contributed by atoms with Gasteiger partial charge in [-0.15, -0.1) is 10.2 Å². The average molecular weight is 370 g/mol. The first-order valence-corrected chi connectivity index (χ1v) is 9.90. The minimum Gasteiger partial charge on any atom is -0.338 e. The molecule has 1 N–H and O–H groups in total. The van der Waals surface area contributed by atoms with Gasteiger partial charge in [-0.3, -0.25) is 9.59 Å². The molecule has 2 amide bonds. The van der Waals surface area contributed by atoms with Crippen molar-refractivity contribution in [2.24, 2.45) is 5.92 Å². The Kier molecular flexibility index (Phi) is 4.72. The third kappa shape index (κ3) is 3.23. The first-order valence-electron chi connectivity index (χ1n) is 9.08. The molecule has 1 aliphatic carbocycles. The second-order valence-corrected chi connectivity index (χ2v) is 8.10. The lowest BCUT2D eigenvalue weighted by atomic mass is 9.93. The number of anilines is 1. The van der Waals surface area contributed by atoms with E-state index >= 15 is 0 Å². The maximum absolute atomic E-state index is 12.9. The Labute approximate surface area is 156 Å². The molecule has 1 aromatic heterocycles. The van der Waals surface area contributed by atoms with Crippen LogP contribution in [0.1, 0.15) is 54.6 Å². The molecule has 2 aliphatic rings. The van der Waals surface area contributed by atoms with Crippen LogP contribution in [0.3, 0.4) is 0 Å². The van der Waals surface area contributed by atoms with E-state index in [1.807, 2.05) is 30.3 Å². The highest BCUT2D eigenvalue weighted by Crippen LogP contribution is 2.39. The summed E-state index contributed by atoms with van der Waals surface area (Å²) in [5.41, 5.74) is 0.977. The number of rotatable bonds is 4. The van der Waals surface area contributed by atoms with E-state index in [1.54, 1.807) is 11.9 Å². The second-order valence-electron chi connectivity index (χ2n) is 7.09. The van der Waals surface area contributed by atoms with Crippen LogP contribution in [0.4, 0.5) is 5.13 Å². The van der Waals surface area contributed by atoms with Crippen molar-refractivity contribution in [1.29, 1.82) is 0 Å². The molecule has 2 unspecified atom stereocenters. The Balaban J connectivity index is 1.50. The lowest BCUT2D eigenvalue weighted by Gasteiger charge is -2.24. The van der Waals surface area contributed by atoms with Crippen LogP contribution in [0, 0.1) is 5.92 Å². The molecule has 2 atom stereocenters. The molecule has 1 aliphatic heterocycles. The van der Waals surface area contributed by atoms with Crippen LogP contribution >= 0.6 is 11.3 Å². The normalized spacial score (nSPS) is 23.6. The largest absolute Gasteiger partial charge is 0.338 e. The standard InChI is InChI=1S/C19H22N4O2S/c1-23-15(24)11-14(16(23)12-7-3-2-4-8-12)17(25)20-19-22-21-18(26-19)13-9-5-6-10-13/h2-4,7-8,13-14,16H,5-6,9-11H2,1H3,(H,20,22,25). The van der Waals surface area contributed by atoms with Crippen molar-refractivity contribution >= 4 is 28.3 Å². The molecule has 26 heavy (non-hydrogen) atoms. The Hall–Kier alpha value is -2.28. The van der Waals surface area contributed by atoms with Gasteiger partial charge in [-0.05, 0) is 18.4 Å². The molecular weight excluding hydrogens is 348 g/mol. The van der Waals surface area contributed by atoms with Crippen LogP contribution in [0.25, 0.3) is 0 Å². The summed E-state index contributed by atoms with van der Waals surface area (Å²) < 4.78 is 0. The van der Waals surface area contributed by atoms with Gasteiger partial charge in [0.1, 0.15) is 5.01 Å². The molecular formula is C19H22N4O2S. The fraction of sp³-hybridized carbons (Fsp3) is 0.474. The van der Waals surface area contributed by atoms with Gasteiger partial charge in [0, 0.05) is 19.4 Å². The van der Waals surface area contributed by atoms with Gasteiger partial charge in [-0.25, -0.2) is 0 Å². The first-order chi connectivity index (χ1) is 12.6. The van der Waals surface area contributed by atoms with Crippen molar-refractivity contribution in [1.82, 2.24) is 15.1 Å². The highest BCUT2D eigenvalue weighted by atomic mass is 32.1. The first kappa shape index (κ1) is 17.1. The molecule has 0 bridgehead atoms. The van der Waals surface area contributed by atoms with E-state index in [0.29, 0.717) is 11.0 Å². The number of nitrogens with one attached hydrogen (secondary N) is 1. The summed E-state index contributed by atoms with van der Waals surface area (Å²) in [7, 11) is 1.76. The highest BCUT2D eigenvalue weighted by molar-refractivity contribution is 7.15. The third-order valence-electron chi connectivity index (χ3n) is 5.44. The molecule has 1 aromatic carbocycles. The SMILES string of the molecule is CN1C(=O)CC(C(=O)Nc2nnc(C3CCCC3)s2)C1c1ccccc1. The molecule has 0 radical (unpaired) electrons. The monoisotopic (exact) mass is 370 g/mol. The third-order valence-corrected chi connectivity index (χ3v) is 6.44. The van der Waals surface area contributed by atoms with Crippen molar-refractivity contribution in [3.05, 3.63) is 40.9 Å². The summed E-state index contributed by atoms with van der Waals surface area (Å²) >= 11 is 1.46. The van der Waals surface area contributed by atoms with Gasteiger partial charge in [-0.2, -0.15) is 0 Å². The fourth-order valence-electron chi connectivity index (χ4n) is 4.03. The zero-order chi connectivity index (χ0) is 18.1. The smallest absolute Gasteiger partial charge is 0.232 e. The van der Waals surface area contributed by atoms with Gasteiger partial charge in [0.05, 0.1) is 12.0 Å². The van der Waals surface area contributed by atoms with Crippen molar-refractivity contribution in [3.63, 3.8) is 0 Å². The van der Waals surface area contributed by atoms with Crippen LogP contribution in [-0.2, 0) is 9.59 Å². The van der Waals surface area contributed by atoms with Gasteiger partial charge in [0.2, 0.25) is 16.9 Å². The number of carbonyl (C=O) groups excluding carboxylic acids is 2. The van der Waals surface area contributed by atoms with Crippen molar-refractivity contribution in [2.45, 2.75) is 44.1 Å². The van der Waals surface area contributed by atoms with E-state index in [2.05, 4.69) is 15.5 Å². The van der Waals surface area contributed by atoms with Crippen LogP contribution in [0.15, 0.2) is 30.3 Å². The summed E-state index contributed by atoms with van der Waals surface area (Å²) in [6, 6.07) is 9.47. The summed E-state index contributed by atoms with van der Waals surface area (Å²) in [6.07, 6.45) is 5.00. The van der Waals surface area contributed by atoms with E-state index in [4.69, 9.17) is 0 Å². The van der Waals surface area contributed by atoms with E-state index in [0.717, 1.165) is 23.4 Å². The van der Waals surface area contributed by atoms with E-state index in [1.165, 1.54) is 24.2 Å². The average Bonchev–Trinajstić information content (AvgIpc) is 3.37. The maximum atomic E-state index is 12.9. The maximum Gasteiger partial charge on any atom is 0.232 e. The fourth-order valence-corrected chi connectivity index (χ4v) is 4.95. The number of amides is 2. The quantitative estimate of drug-likeness (QED) is 0.895. The lowest BCUT2D eigenvalue weighted by Crippen LogP contribution is -2.29. The van der Waals surface area contributed by atoms with Crippen LogP contribution in [0.2, 0.25) is 0 Å². The van der Waals surface area contributed by atoms with E-state index < -0.39 is 5.92 Å². The molecule has 136 valence electrons. The van der Waals surface area contributed by atoms with Gasteiger partial charge in [-0.1, -0.05) is 54.5 Å². The number of nitrogens with zero attached hydrogens (tertiary/aromatic N) is 3. The van der Waals surface area contributed by atoms with E-state index in [9.17, 15) is 9.59 Å². The Morgan fingerprint density at radius 1 is 1.19 bits per heavy atom. The minimum absolute atomic E-state index is 0.0112. The summed E-state index contributed by atoms with van der Waals surface area (Å²) in [6.45, 7) is 0. The molecule has 2 fully saturated rings. The molecule has 6 nitrogen and oxygen atoms in total. The second kappa shape index (κ2) is 7.15. The number of benzene rings is 1. The predicted molar refractivity (Wildman–Crippen MR) is 99.8 cm³/mol. The van der Waals surface area contributed by atoms with Crippen LogP contribution in [-0.4, -0.2) is 34.0 Å². The summed E-state index contributed by atoms with van der Waals surface area (Å²) in [5.74, 6) is -0.114. The number of hydrogen-bond donors (Lipinski definition) is 1. The zero-order valence-electron chi connectivity index (χ0n) is 14.7. The van der Waals surface area contributed by atoms with Crippen LogP contribution in [0.5, 0.6) is 0 Å². The zero-order valence-corrected chi connectivity index (χ0v) is 15.5. The van der Waals surface area contributed by atoms with E-state index in [-0.39, 0.29) is 24.3 Å². The summed E-state index contributed by atoms with van der Waals surface area (Å²) in [5, 5.41) is 12.8. The number of aromatic nitrogens is 2. The van der Waals surface area contributed by atoms with Crippen molar-refractivity contribution < 1.29 is 9.59 Å². The van der Waals surface area contributed by atoms with Gasteiger partial charge in [0.15, 0.2) is 0 Å². The molecule has 2 heterocycles. The molecule has 4 rings (SSSR count). The minimum atomic E-state index is -0.422. The van der Waals surface area contributed by atoms with Gasteiger partial charge >= 0.3 is 0 Å². The number of likely N-dealkylation sites (tertiary alicyclic amines) is 1. The van der Waals surface area contributed by atoms with Gasteiger partial charge < -0.3 is 10.2 Å². The van der Waals surface area contributed by atoms with Gasteiger partial charge in [0.25, 0.3) is 0 Å². The Bertz CT molecular complexity index is 801.